The number of carbonyl (C=O) groups is 1. The summed E-state index contributed by atoms with van der Waals surface area (Å²) < 4.78 is 0. The Labute approximate surface area is 122 Å². The molecule has 20 heavy (non-hydrogen) atoms. The zero-order chi connectivity index (χ0) is 14.4. The Morgan fingerprint density at radius 1 is 1.25 bits per heavy atom. The Bertz CT molecular complexity index is 438. The highest BCUT2D eigenvalue weighted by Crippen LogP contribution is 2.25. The van der Waals surface area contributed by atoms with E-state index in [0.29, 0.717) is 5.92 Å². The van der Waals surface area contributed by atoms with E-state index in [0.717, 1.165) is 24.3 Å². The van der Waals surface area contributed by atoms with Gasteiger partial charge in [0.15, 0.2) is 0 Å². The Balaban J connectivity index is 2.02. The molecule has 1 fully saturated rings. The Kier molecular flexibility index (Phi) is 5.45. The molecule has 3 heteroatoms. The number of para-hydroxylation sites is 1. The molecule has 1 amide bonds. The lowest BCUT2D eigenvalue weighted by Crippen LogP contribution is -2.33. The van der Waals surface area contributed by atoms with Crippen molar-refractivity contribution in [3.63, 3.8) is 0 Å². The van der Waals surface area contributed by atoms with E-state index in [2.05, 4.69) is 5.32 Å². The molecular formula is C17H26N2O. The normalized spacial score (nSPS) is 15.9. The van der Waals surface area contributed by atoms with Crippen LogP contribution in [0.5, 0.6) is 0 Å². The summed E-state index contributed by atoms with van der Waals surface area (Å²) in [4.78, 5) is 14.5. The van der Waals surface area contributed by atoms with Crippen molar-refractivity contribution in [3.8, 4) is 0 Å². The number of hydrogen-bond acceptors (Lipinski definition) is 2. The van der Waals surface area contributed by atoms with Gasteiger partial charge in [0.25, 0.3) is 5.91 Å². The molecule has 3 nitrogen and oxygen atoms in total. The van der Waals surface area contributed by atoms with Gasteiger partial charge < -0.3 is 10.2 Å². The number of benzene rings is 1. The van der Waals surface area contributed by atoms with Gasteiger partial charge in [-0.05, 0) is 37.8 Å². The molecule has 0 atom stereocenters. The van der Waals surface area contributed by atoms with Crippen LogP contribution in [0, 0.1) is 5.92 Å². The number of nitrogens with one attached hydrogen (secondary N) is 1. The monoisotopic (exact) mass is 274 g/mol. The van der Waals surface area contributed by atoms with Crippen LogP contribution in [0.1, 0.15) is 49.4 Å². The second kappa shape index (κ2) is 7.32. The lowest BCUT2D eigenvalue weighted by atomic mass is 9.89. The highest BCUT2D eigenvalue weighted by atomic mass is 16.2. The molecule has 1 N–H and O–H groups in total. The average molecular weight is 274 g/mol. The summed E-state index contributed by atoms with van der Waals surface area (Å²) in [6.45, 7) is 3.77. The molecule has 0 radical (unpaired) electrons. The molecule has 0 heterocycles. The molecular weight excluding hydrogens is 248 g/mol. The summed E-state index contributed by atoms with van der Waals surface area (Å²) >= 11 is 0. The highest BCUT2D eigenvalue weighted by Gasteiger charge is 2.20. The zero-order valence-electron chi connectivity index (χ0n) is 12.7. The summed E-state index contributed by atoms with van der Waals surface area (Å²) in [7, 11) is 1.93. The predicted molar refractivity (Wildman–Crippen MR) is 84.1 cm³/mol. The van der Waals surface area contributed by atoms with Gasteiger partial charge in [-0.3, -0.25) is 4.79 Å². The van der Waals surface area contributed by atoms with E-state index in [4.69, 9.17) is 0 Å². The van der Waals surface area contributed by atoms with Crippen LogP contribution in [0.3, 0.4) is 0 Å². The molecule has 110 valence electrons. The molecule has 2 rings (SSSR count). The van der Waals surface area contributed by atoms with E-state index in [1.54, 1.807) is 0 Å². The van der Waals surface area contributed by atoms with E-state index in [1.807, 2.05) is 43.1 Å². The largest absolute Gasteiger partial charge is 0.385 e. The number of anilines is 1. The fourth-order valence-electron chi connectivity index (χ4n) is 3.06. The van der Waals surface area contributed by atoms with Crippen molar-refractivity contribution >= 4 is 11.6 Å². The van der Waals surface area contributed by atoms with Crippen molar-refractivity contribution in [1.82, 2.24) is 4.90 Å². The van der Waals surface area contributed by atoms with Gasteiger partial charge in [0.2, 0.25) is 0 Å². The Morgan fingerprint density at radius 2 is 1.95 bits per heavy atom. The van der Waals surface area contributed by atoms with Crippen LogP contribution >= 0.6 is 0 Å². The quantitative estimate of drug-likeness (QED) is 0.886. The molecule has 1 aromatic carbocycles. The molecule has 0 aliphatic heterocycles. The standard InChI is InChI=1S/C17H26N2O/c1-3-18-16-12-8-7-11-15(16)17(20)19(2)13-14-9-5-4-6-10-14/h7-8,11-12,14,18H,3-6,9-10,13H2,1-2H3. The Morgan fingerprint density at radius 3 is 2.65 bits per heavy atom. The second-order valence-corrected chi connectivity index (χ2v) is 5.77. The van der Waals surface area contributed by atoms with E-state index in [9.17, 15) is 4.79 Å². The number of carbonyl (C=O) groups excluding carboxylic acids is 1. The summed E-state index contributed by atoms with van der Waals surface area (Å²) in [6, 6.07) is 7.79. The third kappa shape index (κ3) is 3.75. The van der Waals surface area contributed by atoms with Crippen LogP contribution in [0.2, 0.25) is 0 Å². The van der Waals surface area contributed by atoms with Crippen molar-refractivity contribution in [1.29, 1.82) is 0 Å². The van der Waals surface area contributed by atoms with Gasteiger partial charge in [0.05, 0.1) is 5.56 Å². The van der Waals surface area contributed by atoms with Crippen molar-refractivity contribution < 1.29 is 4.79 Å². The number of nitrogens with zero attached hydrogens (tertiary/aromatic N) is 1. The van der Waals surface area contributed by atoms with Gasteiger partial charge in [0.1, 0.15) is 0 Å². The molecule has 1 aliphatic carbocycles. The minimum Gasteiger partial charge on any atom is -0.385 e. The fraction of sp³-hybridized carbons (Fsp3) is 0.588. The van der Waals surface area contributed by atoms with Crippen LogP contribution in [0.15, 0.2) is 24.3 Å². The lowest BCUT2D eigenvalue weighted by molar-refractivity contribution is 0.0761. The molecule has 1 saturated carbocycles. The predicted octanol–water partition coefficient (Wildman–Crippen LogP) is 3.77. The van der Waals surface area contributed by atoms with E-state index in [1.165, 1.54) is 32.1 Å². The first kappa shape index (κ1) is 14.9. The first-order valence-electron chi connectivity index (χ1n) is 7.80. The first-order chi connectivity index (χ1) is 9.72. The molecule has 0 saturated heterocycles. The summed E-state index contributed by atoms with van der Waals surface area (Å²) in [6.07, 6.45) is 6.54. The molecule has 1 aromatic rings. The third-order valence-electron chi connectivity index (χ3n) is 4.13. The summed E-state index contributed by atoms with van der Waals surface area (Å²) in [5, 5.41) is 3.27. The van der Waals surface area contributed by atoms with Crippen LogP contribution in [-0.4, -0.2) is 30.9 Å². The van der Waals surface area contributed by atoms with Crippen molar-refractivity contribution in [3.05, 3.63) is 29.8 Å². The molecule has 1 aliphatic rings. The summed E-state index contributed by atoms with van der Waals surface area (Å²) in [5.41, 5.74) is 1.73. The van der Waals surface area contributed by atoms with E-state index < -0.39 is 0 Å². The fourth-order valence-corrected chi connectivity index (χ4v) is 3.06. The van der Waals surface area contributed by atoms with Crippen LogP contribution in [0.25, 0.3) is 0 Å². The minimum absolute atomic E-state index is 0.132. The Hall–Kier alpha value is -1.51. The highest BCUT2D eigenvalue weighted by molar-refractivity contribution is 5.99. The number of rotatable bonds is 5. The molecule has 0 unspecified atom stereocenters. The van der Waals surface area contributed by atoms with Crippen LogP contribution in [-0.2, 0) is 0 Å². The zero-order valence-corrected chi connectivity index (χ0v) is 12.7. The summed E-state index contributed by atoms with van der Waals surface area (Å²) in [5.74, 6) is 0.816. The third-order valence-corrected chi connectivity index (χ3v) is 4.13. The SMILES string of the molecule is CCNc1ccccc1C(=O)N(C)CC1CCCCC1. The van der Waals surface area contributed by atoms with Gasteiger partial charge in [0, 0.05) is 25.8 Å². The smallest absolute Gasteiger partial charge is 0.255 e. The van der Waals surface area contributed by atoms with Gasteiger partial charge in [-0.1, -0.05) is 31.4 Å². The van der Waals surface area contributed by atoms with E-state index >= 15 is 0 Å². The van der Waals surface area contributed by atoms with Gasteiger partial charge in [-0.25, -0.2) is 0 Å². The first-order valence-corrected chi connectivity index (χ1v) is 7.80. The number of amides is 1. The topological polar surface area (TPSA) is 32.3 Å². The van der Waals surface area contributed by atoms with Gasteiger partial charge >= 0.3 is 0 Å². The maximum atomic E-state index is 12.6. The second-order valence-electron chi connectivity index (χ2n) is 5.77. The van der Waals surface area contributed by atoms with Crippen molar-refractivity contribution in [2.75, 3.05) is 25.5 Å². The van der Waals surface area contributed by atoms with Gasteiger partial charge in [-0.15, -0.1) is 0 Å². The molecule has 0 spiro atoms. The van der Waals surface area contributed by atoms with Crippen molar-refractivity contribution in [2.45, 2.75) is 39.0 Å². The van der Waals surface area contributed by atoms with Crippen LogP contribution < -0.4 is 5.32 Å². The lowest BCUT2D eigenvalue weighted by Gasteiger charge is -2.27. The maximum absolute atomic E-state index is 12.6. The maximum Gasteiger partial charge on any atom is 0.255 e. The molecule has 0 aromatic heterocycles. The van der Waals surface area contributed by atoms with Gasteiger partial charge in [-0.2, -0.15) is 0 Å². The average Bonchev–Trinajstić information content (AvgIpc) is 2.48. The van der Waals surface area contributed by atoms with Crippen molar-refractivity contribution in [2.24, 2.45) is 5.92 Å². The number of hydrogen-bond donors (Lipinski definition) is 1. The molecule has 0 bridgehead atoms. The van der Waals surface area contributed by atoms with Crippen LogP contribution in [0.4, 0.5) is 5.69 Å². The van der Waals surface area contributed by atoms with E-state index in [-0.39, 0.29) is 5.91 Å². The minimum atomic E-state index is 0.132.